The molecule has 0 aromatic heterocycles. The lowest BCUT2D eigenvalue weighted by molar-refractivity contribution is -0.135. The Balaban J connectivity index is 0.000000465. The van der Waals surface area contributed by atoms with Crippen LogP contribution in [-0.2, 0) is 4.79 Å². The Labute approximate surface area is 157 Å². The van der Waals surface area contributed by atoms with Gasteiger partial charge in [-0.15, -0.1) is 0 Å². The van der Waals surface area contributed by atoms with E-state index in [0.717, 1.165) is 19.4 Å². The van der Waals surface area contributed by atoms with Crippen molar-refractivity contribution < 1.29 is 19.5 Å². The molecule has 0 spiro atoms. The zero-order valence-electron chi connectivity index (χ0n) is 14.9. The third-order valence-corrected chi connectivity index (χ3v) is 4.20. The average molecular weight is 369 g/mol. The molecule has 1 heterocycles. The third kappa shape index (κ3) is 5.22. The van der Waals surface area contributed by atoms with Gasteiger partial charge in [-0.05, 0) is 31.5 Å². The molecule has 1 atom stereocenters. The largest absolute Gasteiger partial charge is 0.480 e. The maximum Gasteiger partial charge on any atom is 0.317 e. The van der Waals surface area contributed by atoms with E-state index < -0.39 is 5.97 Å². The van der Waals surface area contributed by atoms with Crippen molar-refractivity contribution in [2.24, 2.45) is 5.73 Å². The number of nitrogens with one attached hydrogen (secondary N) is 1. The van der Waals surface area contributed by atoms with Crippen LogP contribution >= 0.6 is 0 Å². The number of nitrogen functional groups attached to an aromatic ring is 1. The van der Waals surface area contributed by atoms with E-state index in [1.807, 2.05) is 6.07 Å². The van der Waals surface area contributed by atoms with Gasteiger partial charge in [0.05, 0.1) is 18.3 Å². The van der Waals surface area contributed by atoms with Crippen LogP contribution in [0.5, 0.6) is 0 Å². The summed E-state index contributed by atoms with van der Waals surface area (Å²) in [5.74, 6) is -1.16. The Kier molecular flexibility index (Phi) is 7.22. The van der Waals surface area contributed by atoms with Gasteiger partial charge in [-0.1, -0.05) is 36.4 Å². The number of hydrogen-bond acceptors (Lipinski definition) is 6. The second-order valence-electron chi connectivity index (χ2n) is 6.07. The summed E-state index contributed by atoms with van der Waals surface area (Å²) in [5, 5.41) is 10.8. The number of carboxylic acid groups (broad SMARTS) is 1. The molecule has 1 fully saturated rings. The summed E-state index contributed by atoms with van der Waals surface area (Å²) in [5.41, 5.74) is 12.3. The standard InChI is InChI=1S/C18H18N2O2.C2H5NO2/c19-16-13(17(21)12-6-2-1-3-7-12)8-4-9-14(16)18(22)15-10-5-11-20-15;3-1-2(4)5/h1-4,6-9,15,20H,5,10-11,19H2;1,3H2,(H,4,5)/t15-;/m0./s1. The molecule has 0 unspecified atom stereocenters. The van der Waals surface area contributed by atoms with Crippen molar-refractivity contribution in [2.75, 3.05) is 18.8 Å². The van der Waals surface area contributed by atoms with Crippen LogP contribution in [0.2, 0.25) is 0 Å². The Morgan fingerprint density at radius 2 is 1.67 bits per heavy atom. The van der Waals surface area contributed by atoms with Crippen molar-refractivity contribution in [1.29, 1.82) is 0 Å². The molecular weight excluding hydrogens is 346 g/mol. The van der Waals surface area contributed by atoms with Crippen LogP contribution in [0.15, 0.2) is 48.5 Å². The molecule has 27 heavy (non-hydrogen) atoms. The summed E-state index contributed by atoms with van der Waals surface area (Å²) in [6.45, 7) is 0.568. The van der Waals surface area contributed by atoms with E-state index in [-0.39, 0.29) is 29.8 Å². The van der Waals surface area contributed by atoms with E-state index in [9.17, 15) is 14.4 Å². The van der Waals surface area contributed by atoms with Gasteiger partial charge < -0.3 is 21.9 Å². The fourth-order valence-corrected chi connectivity index (χ4v) is 2.82. The second-order valence-corrected chi connectivity index (χ2v) is 6.07. The minimum atomic E-state index is -0.968. The van der Waals surface area contributed by atoms with Gasteiger partial charge in [0.25, 0.3) is 0 Å². The zero-order chi connectivity index (χ0) is 19.8. The van der Waals surface area contributed by atoms with Crippen LogP contribution in [0.1, 0.15) is 39.1 Å². The van der Waals surface area contributed by atoms with Gasteiger partial charge in [0.15, 0.2) is 11.6 Å². The normalized spacial score (nSPS) is 15.5. The lowest BCUT2D eigenvalue weighted by Gasteiger charge is -2.13. The highest BCUT2D eigenvalue weighted by Gasteiger charge is 2.26. The maximum atomic E-state index is 12.6. The summed E-state index contributed by atoms with van der Waals surface area (Å²) in [4.78, 5) is 34.3. The van der Waals surface area contributed by atoms with Crippen molar-refractivity contribution in [3.63, 3.8) is 0 Å². The molecule has 0 amide bonds. The van der Waals surface area contributed by atoms with Crippen LogP contribution in [0.25, 0.3) is 0 Å². The molecule has 0 bridgehead atoms. The number of benzene rings is 2. The summed E-state index contributed by atoms with van der Waals surface area (Å²) in [6, 6.07) is 13.8. The van der Waals surface area contributed by atoms with Crippen molar-refractivity contribution in [1.82, 2.24) is 5.32 Å². The van der Waals surface area contributed by atoms with Crippen LogP contribution in [-0.4, -0.2) is 41.8 Å². The molecule has 0 aliphatic carbocycles. The Hall–Kier alpha value is -3.03. The lowest BCUT2D eigenvalue weighted by Crippen LogP contribution is -2.31. The first-order valence-corrected chi connectivity index (χ1v) is 8.63. The highest BCUT2D eigenvalue weighted by molar-refractivity contribution is 6.15. The number of carbonyl (C=O) groups is 3. The average Bonchev–Trinajstić information content (AvgIpc) is 3.23. The van der Waals surface area contributed by atoms with E-state index in [0.29, 0.717) is 16.7 Å². The highest BCUT2D eigenvalue weighted by Crippen LogP contribution is 2.23. The Morgan fingerprint density at radius 3 is 2.22 bits per heavy atom. The number of carboxylic acids is 1. The minimum Gasteiger partial charge on any atom is -0.480 e. The second kappa shape index (κ2) is 9.61. The molecule has 0 radical (unpaired) electrons. The number of carbonyl (C=O) groups excluding carboxylic acids is 2. The lowest BCUT2D eigenvalue weighted by atomic mass is 9.95. The summed E-state index contributed by atoms with van der Waals surface area (Å²) < 4.78 is 0. The van der Waals surface area contributed by atoms with Crippen molar-refractivity contribution in [3.05, 3.63) is 65.2 Å². The molecule has 7 nitrogen and oxygen atoms in total. The first-order valence-electron chi connectivity index (χ1n) is 8.63. The first kappa shape index (κ1) is 20.3. The van der Waals surface area contributed by atoms with Gasteiger partial charge in [0.1, 0.15) is 0 Å². The highest BCUT2D eigenvalue weighted by atomic mass is 16.4. The fourth-order valence-electron chi connectivity index (χ4n) is 2.82. The monoisotopic (exact) mass is 369 g/mol. The predicted octanol–water partition coefficient (Wildman–Crippen LogP) is 1.46. The molecule has 6 N–H and O–H groups in total. The Morgan fingerprint density at radius 1 is 1.04 bits per heavy atom. The quantitative estimate of drug-likeness (QED) is 0.463. The van der Waals surface area contributed by atoms with Crippen LogP contribution in [0.4, 0.5) is 5.69 Å². The van der Waals surface area contributed by atoms with Gasteiger partial charge in [-0.25, -0.2) is 0 Å². The van der Waals surface area contributed by atoms with Crippen LogP contribution < -0.4 is 16.8 Å². The van der Waals surface area contributed by atoms with E-state index >= 15 is 0 Å². The van der Waals surface area contributed by atoms with E-state index in [4.69, 9.17) is 10.8 Å². The van der Waals surface area contributed by atoms with Crippen molar-refractivity contribution in [2.45, 2.75) is 18.9 Å². The van der Waals surface area contributed by atoms with E-state index in [1.165, 1.54) is 0 Å². The smallest absolute Gasteiger partial charge is 0.317 e. The number of para-hydroxylation sites is 1. The van der Waals surface area contributed by atoms with Gasteiger partial charge in [0, 0.05) is 16.7 Å². The molecule has 2 aromatic rings. The van der Waals surface area contributed by atoms with E-state index in [2.05, 4.69) is 11.1 Å². The number of Topliss-reactive ketones (excluding diaryl/α,β-unsaturated/α-hetero) is 1. The molecule has 0 saturated carbocycles. The number of nitrogens with two attached hydrogens (primary N) is 2. The van der Waals surface area contributed by atoms with Crippen molar-refractivity contribution in [3.8, 4) is 0 Å². The van der Waals surface area contributed by atoms with E-state index in [1.54, 1.807) is 42.5 Å². The van der Waals surface area contributed by atoms with Crippen LogP contribution in [0.3, 0.4) is 0 Å². The molecule has 3 rings (SSSR count). The molecule has 1 aliphatic rings. The van der Waals surface area contributed by atoms with Gasteiger partial charge in [-0.2, -0.15) is 0 Å². The van der Waals surface area contributed by atoms with Gasteiger partial charge >= 0.3 is 5.97 Å². The molecule has 1 aliphatic heterocycles. The summed E-state index contributed by atoms with van der Waals surface area (Å²) in [7, 11) is 0. The third-order valence-electron chi connectivity index (χ3n) is 4.20. The summed E-state index contributed by atoms with van der Waals surface area (Å²) in [6.07, 6.45) is 1.80. The fraction of sp³-hybridized carbons (Fsp3) is 0.250. The first-order chi connectivity index (χ1) is 13.0. The number of rotatable bonds is 5. The number of anilines is 1. The molecule has 2 aromatic carbocycles. The summed E-state index contributed by atoms with van der Waals surface area (Å²) >= 11 is 0. The van der Waals surface area contributed by atoms with Crippen molar-refractivity contribution >= 4 is 23.2 Å². The number of aliphatic carboxylic acids is 1. The molecular formula is C20H23N3O4. The Bertz CT molecular complexity index is 815. The molecule has 1 saturated heterocycles. The molecule has 142 valence electrons. The SMILES string of the molecule is NCC(=O)O.Nc1c(C(=O)c2ccccc2)cccc1C(=O)[C@@H]1CCCN1. The van der Waals surface area contributed by atoms with Crippen LogP contribution in [0, 0.1) is 0 Å². The van der Waals surface area contributed by atoms with Gasteiger partial charge in [-0.3, -0.25) is 14.4 Å². The topological polar surface area (TPSA) is 136 Å². The maximum absolute atomic E-state index is 12.6. The number of hydrogen-bond donors (Lipinski definition) is 4. The minimum absolute atomic E-state index is 0.0299. The number of ketones is 2. The van der Waals surface area contributed by atoms with Gasteiger partial charge in [0.2, 0.25) is 0 Å². The zero-order valence-corrected chi connectivity index (χ0v) is 14.9. The molecule has 7 heteroatoms. The predicted molar refractivity (Wildman–Crippen MR) is 103 cm³/mol.